The molecule has 0 aromatic carbocycles. The smallest absolute Gasteiger partial charge is 0.213 e. The number of aromatic nitrogens is 3. The molecule has 1 saturated heterocycles. The molecule has 1 N–H and O–H groups in total. The number of piperidine rings is 1. The van der Waals surface area contributed by atoms with Gasteiger partial charge in [0.05, 0.1) is 30.2 Å². The Morgan fingerprint density at radius 1 is 1.09 bits per heavy atom. The summed E-state index contributed by atoms with van der Waals surface area (Å²) in [6.07, 6.45) is 7.15. The Morgan fingerprint density at radius 3 is 2.78 bits per heavy atom. The highest BCUT2D eigenvalue weighted by atomic mass is 16.6. The zero-order valence-electron chi connectivity index (χ0n) is 18.4. The number of nitrogens with zero attached hydrogens (tertiary/aromatic N) is 4. The minimum Gasteiger partial charge on any atom is -0.486 e. The molecule has 0 atom stereocenters. The van der Waals surface area contributed by atoms with Crippen molar-refractivity contribution in [3.05, 3.63) is 42.4 Å². The van der Waals surface area contributed by atoms with Crippen LogP contribution in [0.15, 0.2) is 36.7 Å². The van der Waals surface area contributed by atoms with Crippen molar-refractivity contribution >= 4 is 16.7 Å². The minimum absolute atomic E-state index is 0.590. The lowest BCUT2D eigenvalue weighted by Gasteiger charge is -2.34. The van der Waals surface area contributed by atoms with Crippen LogP contribution < -0.4 is 24.4 Å². The van der Waals surface area contributed by atoms with Crippen LogP contribution in [0.5, 0.6) is 17.4 Å². The minimum atomic E-state index is 0.590. The maximum atomic E-state index is 5.64. The molecule has 3 aromatic heterocycles. The van der Waals surface area contributed by atoms with Crippen LogP contribution in [0.3, 0.4) is 0 Å². The van der Waals surface area contributed by atoms with E-state index in [0.29, 0.717) is 19.1 Å². The third-order valence-corrected chi connectivity index (χ3v) is 6.22. The first kappa shape index (κ1) is 20.8. The second kappa shape index (κ2) is 9.56. The molecule has 32 heavy (non-hydrogen) atoms. The van der Waals surface area contributed by atoms with E-state index >= 15 is 0 Å². The third-order valence-electron chi connectivity index (χ3n) is 6.22. The van der Waals surface area contributed by atoms with E-state index in [-0.39, 0.29) is 0 Å². The monoisotopic (exact) mass is 435 g/mol. The highest BCUT2D eigenvalue weighted by Gasteiger charge is 2.21. The molecule has 0 bridgehead atoms. The molecular formula is C24H29N5O3. The predicted molar refractivity (Wildman–Crippen MR) is 123 cm³/mol. The van der Waals surface area contributed by atoms with Crippen LogP contribution in [-0.4, -0.2) is 54.9 Å². The first-order valence-electron chi connectivity index (χ1n) is 11.3. The Balaban J connectivity index is 1.11. The normalized spacial score (nSPS) is 16.3. The van der Waals surface area contributed by atoms with Crippen LogP contribution in [0.4, 0.5) is 5.69 Å². The van der Waals surface area contributed by atoms with Gasteiger partial charge in [0.15, 0.2) is 11.5 Å². The summed E-state index contributed by atoms with van der Waals surface area (Å²) in [4.78, 5) is 16.0. The van der Waals surface area contributed by atoms with Gasteiger partial charge in [-0.2, -0.15) is 0 Å². The Labute approximate surface area is 187 Å². The van der Waals surface area contributed by atoms with Gasteiger partial charge in [0.2, 0.25) is 5.88 Å². The van der Waals surface area contributed by atoms with Gasteiger partial charge in [-0.05, 0) is 43.9 Å². The highest BCUT2D eigenvalue weighted by Crippen LogP contribution is 2.31. The van der Waals surface area contributed by atoms with Crippen molar-refractivity contribution in [2.75, 3.05) is 44.9 Å². The van der Waals surface area contributed by atoms with Crippen LogP contribution in [0, 0.1) is 5.92 Å². The fourth-order valence-corrected chi connectivity index (χ4v) is 4.43. The van der Waals surface area contributed by atoms with Gasteiger partial charge in [0, 0.05) is 38.0 Å². The van der Waals surface area contributed by atoms with Crippen LogP contribution in [0.2, 0.25) is 0 Å². The van der Waals surface area contributed by atoms with Crippen LogP contribution in [0.1, 0.15) is 25.0 Å². The molecule has 0 aliphatic carbocycles. The van der Waals surface area contributed by atoms with Gasteiger partial charge in [-0.15, -0.1) is 0 Å². The molecule has 0 amide bonds. The number of hydrogen-bond donors (Lipinski definition) is 1. The van der Waals surface area contributed by atoms with Crippen LogP contribution in [0.25, 0.3) is 11.0 Å². The van der Waals surface area contributed by atoms with Crippen molar-refractivity contribution in [2.45, 2.75) is 25.8 Å². The molecular weight excluding hydrogens is 406 g/mol. The zero-order chi connectivity index (χ0) is 21.8. The number of pyridine rings is 3. The van der Waals surface area contributed by atoms with E-state index in [1.165, 1.54) is 19.3 Å². The standard InChI is InChI=1S/C24H29N5O3/c1-30-23-3-2-19-24(28-23)20(5-9-26-19)29-10-6-17(7-11-29)4-8-25-15-18-14-21-22(16-27-18)32-13-12-31-21/h2-3,5,9,14,16-17,25H,4,6-8,10-13,15H2,1H3. The molecule has 8 nitrogen and oxygen atoms in total. The summed E-state index contributed by atoms with van der Waals surface area (Å²) in [5, 5.41) is 3.53. The summed E-state index contributed by atoms with van der Waals surface area (Å²) in [6.45, 7) is 4.98. The molecule has 0 unspecified atom stereocenters. The van der Waals surface area contributed by atoms with Gasteiger partial charge in [-0.1, -0.05) is 0 Å². The highest BCUT2D eigenvalue weighted by molar-refractivity contribution is 5.88. The fourth-order valence-electron chi connectivity index (χ4n) is 4.43. The Bertz CT molecular complexity index is 1070. The van der Waals surface area contributed by atoms with Crippen molar-refractivity contribution < 1.29 is 14.2 Å². The summed E-state index contributed by atoms with van der Waals surface area (Å²) in [7, 11) is 1.65. The molecule has 0 saturated carbocycles. The number of anilines is 1. The average molecular weight is 436 g/mol. The quantitative estimate of drug-likeness (QED) is 0.567. The van der Waals surface area contributed by atoms with Crippen molar-refractivity contribution in [1.82, 2.24) is 20.3 Å². The lowest BCUT2D eigenvalue weighted by Crippen LogP contribution is -2.34. The van der Waals surface area contributed by atoms with Crippen molar-refractivity contribution in [1.29, 1.82) is 0 Å². The van der Waals surface area contributed by atoms with Crippen molar-refractivity contribution in [2.24, 2.45) is 5.92 Å². The summed E-state index contributed by atoms with van der Waals surface area (Å²) < 4.78 is 16.5. The topological polar surface area (TPSA) is 81.6 Å². The molecule has 5 rings (SSSR count). The van der Waals surface area contributed by atoms with E-state index in [4.69, 9.17) is 14.2 Å². The van der Waals surface area contributed by atoms with Gasteiger partial charge >= 0.3 is 0 Å². The zero-order valence-corrected chi connectivity index (χ0v) is 18.4. The summed E-state index contributed by atoms with van der Waals surface area (Å²) in [5.74, 6) is 2.89. The molecule has 2 aliphatic rings. The number of hydrogen-bond acceptors (Lipinski definition) is 8. The van der Waals surface area contributed by atoms with E-state index in [1.54, 1.807) is 13.3 Å². The second-order valence-corrected chi connectivity index (χ2v) is 8.27. The van der Waals surface area contributed by atoms with Gasteiger partial charge in [0.1, 0.15) is 18.7 Å². The van der Waals surface area contributed by atoms with Gasteiger partial charge in [0.25, 0.3) is 0 Å². The van der Waals surface area contributed by atoms with E-state index in [9.17, 15) is 0 Å². The maximum Gasteiger partial charge on any atom is 0.213 e. The van der Waals surface area contributed by atoms with Crippen molar-refractivity contribution in [3.8, 4) is 17.4 Å². The molecule has 0 radical (unpaired) electrons. The van der Waals surface area contributed by atoms with Crippen LogP contribution >= 0.6 is 0 Å². The lowest BCUT2D eigenvalue weighted by molar-refractivity contribution is 0.170. The van der Waals surface area contributed by atoms with Crippen molar-refractivity contribution in [3.63, 3.8) is 0 Å². The van der Waals surface area contributed by atoms with Crippen LogP contribution in [-0.2, 0) is 6.54 Å². The van der Waals surface area contributed by atoms with E-state index in [0.717, 1.165) is 66.0 Å². The Hall–Kier alpha value is -3.13. The SMILES string of the molecule is COc1ccc2nccc(N3CCC(CCNCc4cc5c(cn4)OCCO5)CC3)c2n1. The first-order valence-corrected chi connectivity index (χ1v) is 11.3. The number of methoxy groups -OCH3 is 1. The predicted octanol–water partition coefficient (Wildman–Crippen LogP) is 3.20. The van der Waals surface area contributed by atoms with E-state index in [1.807, 2.05) is 24.4 Å². The lowest BCUT2D eigenvalue weighted by atomic mass is 9.93. The van der Waals surface area contributed by atoms with Gasteiger partial charge < -0.3 is 24.4 Å². The second-order valence-electron chi connectivity index (χ2n) is 8.27. The molecule has 3 aromatic rings. The summed E-state index contributed by atoms with van der Waals surface area (Å²) >= 11 is 0. The first-order chi connectivity index (χ1) is 15.8. The largest absolute Gasteiger partial charge is 0.486 e. The molecule has 2 aliphatic heterocycles. The number of nitrogens with one attached hydrogen (secondary N) is 1. The summed E-state index contributed by atoms with van der Waals surface area (Å²) in [5.41, 5.74) is 3.95. The summed E-state index contributed by atoms with van der Waals surface area (Å²) in [6, 6.07) is 7.87. The average Bonchev–Trinajstić information content (AvgIpc) is 2.86. The molecule has 5 heterocycles. The number of fused-ring (bicyclic) bond motifs is 2. The Morgan fingerprint density at radius 2 is 1.94 bits per heavy atom. The number of rotatable bonds is 7. The maximum absolute atomic E-state index is 5.64. The van der Waals surface area contributed by atoms with Gasteiger partial charge in [-0.25, -0.2) is 4.98 Å². The molecule has 8 heteroatoms. The third kappa shape index (κ3) is 4.55. The van der Waals surface area contributed by atoms with Gasteiger partial charge in [-0.3, -0.25) is 9.97 Å². The van der Waals surface area contributed by atoms with E-state index < -0.39 is 0 Å². The molecule has 1 fully saturated rings. The van der Waals surface area contributed by atoms with E-state index in [2.05, 4.69) is 31.2 Å². The number of ether oxygens (including phenoxy) is 3. The fraction of sp³-hybridized carbons (Fsp3) is 0.458. The Kier molecular flexibility index (Phi) is 6.20. The molecule has 168 valence electrons. The molecule has 0 spiro atoms.